The molecule has 0 saturated carbocycles. The van der Waals surface area contributed by atoms with Gasteiger partial charge in [-0.2, -0.15) is 5.10 Å². The van der Waals surface area contributed by atoms with Gasteiger partial charge in [-0.3, -0.25) is 14.7 Å². The molecule has 7 nitrogen and oxygen atoms in total. The molecule has 1 unspecified atom stereocenters. The number of nitrogens with zero attached hydrogens (tertiary/aromatic N) is 4. The molecule has 1 saturated heterocycles. The third-order valence-electron chi connectivity index (χ3n) is 4.73. The normalized spacial score (nSPS) is 17.7. The molecule has 0 spiro atoms. The molecule has 1 N–H and O–H groups in total. The third-order valence-corrected chi connectivity index (χ3v) is 4.73. The van der Waals surface area contributed by atoms with Gasteiger partial charge in [0.1, 0.15) is 23.5 Å². The van der Waals surface area contributed by atoms with Crippen molar-refractivity contribution in [2.24, 2.45) is 5.92 Å². The molecular formula is C19H23F2N5O2. The molecule has 1 fully saturated rings. The molecule has 2 aromatic rings. The monoisotopic (exact) mass is 391 g/mol. The summed E-state index contributed by atoms with van der Waals surface area (Å²) in [7, 11) is 0. The van der Waals surface area contributed by atoms with E-state index >= 15 is 0 Å². The van der Waals surface area contributed by atoms with Crippen LogP contribution in [0, 0.1) is 24.5 Å². The number of rotatable bonds is 3. The fourth-order valence-corrected chi connectivity index (χ4v) is 3.33. The summed E-state index contributed by atoms with van der Waals surface area (Å²) in [6, 6.07) is 2.23. The summed E-state index contributed by atoms with van der Waals surface area (Å²) in [4.78, 5) is 33.1. The molecule has 1 aliphatic heterocycles. The van der Waals surface area contributed by atoms with E-state index in [9.17, 15) is 18.4 Å². The van der Waals surface area contributed by atoms with Crippen molar-refractivity contribution < 1.29 is 18.4 Å². The van der Waals surface area contributed by atoms with Crippen molar-refractivity contribution in [2.75, 3.05) is 19.6 Å². The zero-order chi connectivity index (χ0) is 20.4. The van der Waals surface area contributed by atoms with E-state index in [1.807, 2.05) is 0 Å². The van der Waals surface area contributed by atoms with Crippen LogP contribution < -0.4 is 0 Å². The average molecular weight is 391 g/mol. The lowest BCUT2D eigenvalue weighted by atomic mass is 10.1. The van der Waals surface area contributed by atoms with Gasteiger partial charge in [0.25, 0.3) is 5.91 Å². The topological polar surface area (TPSA) is 82.2 Å². The summed E-state index contributed by atoms with van der Waals surface area (Å²) in [6.45, 7) is 6.19. The summed E-state index contributed by atoms with van der Waals surface area (Å²) >= 11 is 0. The molecule has 150 valence electrons. The van der Waals surface area contributed by atoms with Crippen LogP contribution in [0.5, 0.6) is 0 Å². The van der Waals surface area contributed by atoms with Gasteiger partial charge >= 0.3 is 0 Å². The Morgan fingerprint density at radius 2 is 2.00 bits per heavy atom. The number of amides is 2. The second-order valence-electron chi connectivity index (χ2n) is 7.21. The van der Waals surface area contributed by atoms with Crippen LogP contribution in [0.4, 0.5) is 8.78 Å². The minimum Gasteiger partial charge on any atom is -0.336 e. The Kier molecular flexibility index (Phi) is 5.71. The summed E-state index contributed by atoms with van der Waals surface area (Å²) < 4.78 is 27.6. The lowest BCUT2D eigenvalue weighted by Gasteiger charge is -2.31. The molecule has 2 amide bonds. The smallest absolute Gasteiger partial charge is 0.257 e. The highest BCUT2D eigenvalue weighted by molar-refractivity contribution is 5.94. The lowest BCUT2D eigenvalue weighted by Crippen LogP contribution is -2.42. The molecule has 2 heterocycles. The maximum absolute atomic E-state index is 14.1. The van der Waals surface area contributed by atoms with Crippen LogP contribution in [-0.4, -0.2) is 56.4 Å². The predicted octanol–water partition coefficient (Wildman–Crippen LogP) is 2.46. The molecule has 3 rings (SSSR count). The van der Waals surface area contributed by atoms with E-state index in [1.165, 1.54) is 4.90 Å². The molecule has 1 atom stereocenters. The van der Waals surface area contributed by atoms with E-state index in [-0.39, 0.29) is 23.9 Å². The fourth-order valence-electron chi connectivity index (χ4n) is 3.33. The number of aryl methyl sites for hydroxylation is 1. The van der Waals surface area contributed by atoms with Crippen molar-refractivity contribution in [1.29, 1.82) is 0 Å². The molecular weight excluding hydrogens is 368 g/mol. The molecule has 9 heteroatoms. The first kappa shape index (κ1) is 19.9. The Morgan fingerprint density at radius 1 is 1.25 bits per heavy atom. The van der Waals surface area contributed by atoms with E-state index in [1.54, 1.807) is 25.7 Å². The van der Waals surface area contributed by atoms with Gasteiger partial charge in [-0.25, -0.2) is 13.8 Å². The van der Waals surface area contributed by atoms with Crippen molar-refractivity contribution in [2.45, 2.75) is 33.2 Å². The first-order valence-corrected chi connectivity index (χ1v) is 9.21. The summed E-state index contributed by atoms with van der Waals surface area (Å²) in [6.07, 6.45) is 0.515. The minimum atomic E-state index is -0.781. The number of carbonyl (C=O) groups excluding carboxylic acids is 2. The Bertz CT molecular complexity index is 883. The van der Waals surface area contributed by atoms with Gasteiger partial charge in [-0.1, -0.05) is 13.8 Å². The zero-order valence-corrected chi connectivity index (χ0v) is 16.1. The number of aromatic amines is 1. The Morgan fingerprint density at radius 3 is 2.64 bits per heavy atom. The molecule has 1 aliphatic rings. The van der Waals surface area contributed by atoms with Crippen LogP contribution in [0.1, 0.15) is 48.3 Å². The second kappa shape index (κ2) is 8.04. The standard InChI is InChI=1S/C19H23F2N5O2/c1-11(2)18(27)26-8-4-7-25(10-16(26)17-22-12(3)23-24-17)19(28)14-9-13(20)5-6-15(14)21/h5-6,9,11,16H,4,7-8,10H2,1-3H3,(H,22,23,24). The van der Waals surface area contributed by atoms with E-state index in [4.69, 9.17) is 0 Å². The summed E-state index contributed by atoms with van der Waals surface area (Å²) in [5.41, 5.74) is -0.325. The maximum Gasteiger partial charge on any atom is 0.257 e. The Labute approximate surface area is 161 Å². The van der Waals surface area contributed by atoms with E-state index in [2.05, 4.69) is 15.2 Å². The SMILES string of the molecule is Cc1nc(C2CN(C(=O)c3cc(F)ccc3F)CCCN2C(=O)C(C)C)n[nH]1. The van der Waals surface area contributed by atoms with Crippen molar-refractivity contribution in [3.63, 3.8) is 0 Å². The highest BCUT2D eigenvalue weighted by atomic mass is 19.1. The molecule has 28 heavy (non-hydrogen) atoms. The number of H-pyrrole nitrogens is 1. The van der Waals surface area contributed by atoms with Crippen LogP contribution >= 0.6 is 0 Å². The summed E-state index contributed by atoms with van der Waals surface area (Å²) in [5, 5.41) is 6.92. The quantitative estimate of drug-likeness (QED) is 0.871. The van der Waals surface area contributed by atoms with Gasteiger partial charge in [-0.15, -0.1) is 0 Å². The van der Waals surface area contributed by atoms with Crippen LogP contribution in [0.25, 0.3) is 0 Å². The van der Waals surface area contributed by atoms with Gasteiger partial charge in [0.05, 0.1) is 5.56 Å². The molecule has 1 aromatic heterocycles. The first-order valence-electron chi connectivity index (χ1n) is 9.21. The number of hydrogen-bond acceptors (Lipinski definition) is 4. The zero-order valence-electron chi connectivity index (χ0n) is 16.1. The number of benzene rings is 1. The van der Waals surface area contributed by atoms with Crippen LogP contribution in [-0.2, 0) is 4.79 Å². The maximum atomic E-state index is 14.1. The van der Waals surface area contributed by atoms with E-state index in [0.29, 0.717) is 31.2 Å². The second-order valence-corrected chi connectivity index (χ2v) is 7.21. The van der Waals surface area contributed by atoms with Gasteiger partial charge in [0.2, 0.25) is 5.91 Å². The number of nitrogens with one attached hydrogen (secondary N) is 1. The van der Waals surface area contributed by atoms with Crippen LogP contribution in [0.2, 0.25) is 0 Å². The number of hydrogen-bond donors (Lipinski definition) is 1. The molecule has 0 radical (unpaired) electrons. The highest BCUT2D eigenvalue weighted by Crippen LogP contribution is 2.26. The van der Waals surface area contributed by atoms with Gasteiger partial charge in [0, 0.05) is 25.6 Å². The summed E-state index contributed by atoms with van der Waals surface area (Å²) in [5.74, 6) is -1.40. The van der Waals surface area contributed by atoms with Crippen molar-refractivity contribution >= 4 is 11.8 Å². The predicted molar refractivity (Wildman–Crippen MR) is 97.3 cm³/mol. The first-order chi connectivity index (χ1) is 13.3. The van der Waals surface area contributed by atoms with Crippen LogP contribution in [0.3, 0.4) is 0 Å². The van der Waals surface area contributed by atoms with Crippen molar-refractivity contribution in [3.05, 3.63) is 47.0 Å². The van der Waals surface area contributed by atoms with Crippen LogP contribution in [0.15, 0.2) is 18.2 Å². The van der Waals surface area contributed by atoms with E-state index < -0.39 is 23.6 Å². The van der Waals surface area contributed by atoms with E-state index in [0.717, 1.165) is 18.2 Å². The third kappa shape index (κ3) is 4.02. The number of aromatic nitrogens is 3. The Balaban J connectivity index is 1.94. The molecule has 0 bridgehead atoms. The van der Waals surface area contributed by atoms with Crippen molar-refractivity contribution in [3.8, 4) is 0 Å². The highest BCUT2D eigenvalue weighted by Gasteiger charge is 2.35. The van der Waals surface area contributed by atoms with Gasteiger partial charge in [0.15, 0.2) is 5.82 Å². The largest absolute Gasteiger partial charge is 0.336 e. The number of halogens is 2. The average Bonchev–Trinajstić information content (AvgIpc) is 2.96. The minimum absolute atomic E-state index is 0.0707. The van der Waals surface area contributed by atoms with Gasteiger partial charge in [-0.05, 0) is 31.5 Å². The Hall–Kier alpha value is -2.84. The van der Waals surface area contributed by atoms with Crippen molar-refractivity contribution in [1.82, 2.24) is 25.0 Å². The fraction of sp³-hybridized carbons (Fsp3) is 0.474. The molecule has 0 aliphatic carbocycles. The lowest BCUT2D eigenvalue weighted by molar-refractivity contribution is -0.137. The molecule has 1 aromatic carbocycles. The van der Waals surface area contributed by atoms with Gasteiger partial charge < -0.3 is 9.80 Å². The number of carbonyl (C=O) groups is 2.